The Hall–Kier alpha value is -1.07. The minimum Gasteiger partial charge on any atom is -0.384 e. The fraction of sp³-hybridized carbons (Fsp3) is 0.500. The zero-order valence-electron chi connectivity index (χ0n) is 11.7. The topological polar surface area (TPSA) is 62.3 Å². The van der Waals surface area contributed by atoms with Crippen molar-refractivity contribution in [3.05, 3.63) is 28.2 Å². The SMILES string of the molecule is COCCN(CC(C)C)c1cc(Br)ccc1C(=N)N. The van der Waals surface area contributed by atoms with Crippen LogP contribution in [0.5, 0.6) is 0 Å². The van der Waals surface area contributed by atoms with Gasteiger partial charge < -0.3 is 15.4 Å². The van der Waals surface area contributed by atoms with Crippen LogP contribution in [0.2, 0.25) is 0 Å². The highest BCUT2D eigenvalue weighted by Gasteiger charge is 2.14. The summed E-state index contributed by atoms with van der Waals surface area (Å²) in [4.78, 5) is 2.22. The number of amidine groups is 1. The predicted octanol–water partition coefficient (Wildman–Crippen LogP) is 2.84. The Morgan fingerprint density at radius 1 is 1.47 bits per heavy atom. The number of nitrogens with one attached hydrogen (secondary N) is 1. The molecule has 0 aliphatic rings. The van der Waals surface area contributed by atoms with Gasteiger partial charge in [-0.3, -0.25) is 5.41 Å². The Morgan fingerprint density at radius 2 is 2.16 bits per heavy atom. The lowest BCUT2D eigenvalue weighted by atomic mass is 10.1. The number of methoxy groups -OCH3 is 1. The van der Waals surface area contributed by atoms with Crippen molar-refractivity contribution in [3.8, 4) is 0 Å². The van der Waals surface area contributed by atoms with Gasteiger partial charge in [-0.15, -0.1) is 0 Å². The maximum Gasteiger partial charge on any atom is 0.124 e. The lowest BCUT2D eigenvalue weighted by Gasteiger charge is -2.28. The third-order valence-corrected chi connectivity index (χ3v) is 3.23. The van der Waals surface area contributed by atoms with Gasteiger partial charge in [0.2, 0.25) is 0 Å². The second kappa shape index (κ2) is 7.50. The van der Waals surface area contributed by atoms with E-state index in [1.165, 1.54) is 0 Å². The number of nitrogen functional groups attached to an aromatic ring is 1. The number of benzene rings is 1. The molecular formula is C14H22BrN3O. The Balaban J connectivity index is 3.11. The zero-order valence-corrected chi connectivity index (χ0v) is 13.3. The van der Waals surface area contributed by atoms with Crippen LogP contribution < -0.4 is 10.6 Å². The van der Waals surface area contributed by atoms with Crippen molar-refractivity contribution in [1.29, 1.82) is 5.41 Å². The number of nitrogens with zero attached hydrogens (tertiary/aromatic N) is 1. The molecule has 0 saturated carbocycles. The summed E-state index contributed by atoms with van der Waals surface area (Å²) < 4.78 is 6.15. The summed E-state index contributed by atoms with van der Waals surface area (Å²) in [5.41, 5.74) is 7.42. The molecule has 3 N–H and O–H groups in total. The number of ether oxygens (including phenoxy) is 1. The lowest BCUT2D eigenvalue weighted by molar-refractivity contribution is 0.204. The van der Waals surface area contributed by atoms with E-state index < -0.39 is 0 Å². The van der Waals surface area contributed by atoms with E-state index in [0.29, 0.717) is 12.5 Å². The molecule has 19 heavy (non-hydrogen) atoms. The van der Waals surface area contributed by atoms with Gasteiger partial charge in [-0.05, 0) is 24.1 Å². The molecule has 0 spiro atoms. The Bertz CT molecular complexity index is 435. The molecular weight excluding hydrogens is 306 g/mol. The van der Waals surface area contributed by atoms with Crippen molar-refractivity contribution in [2.24, 2.45) is 11.7 Å². The molecule has 1 aromatic carbocycles. The van der Waals surface area contributed by atoms with Crippen LogP contribution in [-0.4, -0.2) is 32.6 Å². The summed E-state index contributed by atoms with van der Waals surface area (Å²) in [6.45, 7) is 6.68. The average Bonchev–Trinajstić information content (AvgIpc) is 2.33. The molecule has 106 valence electrons. The highest BCUT2D eigenvalue weighted by atomic mass is 79.9. The first kappa shape index (κ1) is 16.0. The molecule has 1 rings (SSSR count). The third-order valence-electron chi connectivity index (χ3n) is 2.74. The summed E-state index contributed by atoms with van der Waals surface area (Å²) >= 11 is 3.48. The van der Waals surface area contributed by atoms with Crippen molar-refractivity contribution >= 4 is 27.5 Å². The van der Waals surface area contributed by atoms with Crippen LogP contribution in [0.15, 0.2) is 22.7 Å². The van der Waals surface area contributed by atoms with Crippen molar-refractivity contribution in [2.75, 3.05) is 31.7 Å². The van der Waals surface area contributed by atoms with Crippen molar-refractivity contribution in [2.45, 2.75) is 13.8 Å². The first-order chi connectivity index (χ1) is 8.95. The van der Waals surface area contributed by atoms with E-state index in [1.807, 2.05) is 18.2 Å². The van der Waals surface area contributed by atoms with E-state index in [0.717, 1.165) is 28.8 Å². The second-order valence-corrected chi connectivity index (χ2v) is 5.82. The van der Waals surface area contributed by atoms with Gasteiger partial charge in [0.25, 0.3) is 0 Å². The van der Waals surface area contributed by atoms with E-state index in [9.17, 15) is 0 Å². The molecule has 5 heteroatoms. The molecule has 0 atom stereocenters. The summed E-state index contributed by atoms with van der Waals surface area (Å²) in [6.07, 6.45) is 0. The maximum absolute atomic E-state index is 7.70. The average molecular weight is 328 g/mol. The third kappa shape index (κ3) is 4.84. The molecule has 0 bridgehead atoms. The van der Waals surface area contributed by atoms with Crippen LogP contribution in [0.3, 0.4) is 0 Å². The number of halogens is 1. The smallest absolute Gasteiger partial charge is 0.124 e. The van der Waals surface area contributed by atoms with Crippen LogP contribution >= 0.6 is 15.9 Å². The number of hydrogen-bond donors (Lipinski definition) is 2. The van der Waals surface area contributed by atoms with Crippen LogP contribution in [-0.2, 0) is 4.74 Å². The molecule has 0 aliphatic carbocycles. The summed E-state index contributed by atoms with van der Waals surface area (Å²) in [5, 5.41) is 7.70. The minimum atomic E-state index is 0.0914. The Morgan fingerprint density at radius 3 is 2.68 bits per heavy atom. The summed E-state index contributed by atoms with van der Waals surface area (Å²) in [6, 6.07) is 5.79. The standard InChI is InChI=1S/C14H22BrN3O/c1-10(2)9-18(6-7-19-3)13-8-11(15)4-5-12(13)14(16)17/h4-5,8,10H,6-7,9H2,1-3H3,(H3,16,17). The van der Waals surface area contributed by atoms with Crippen LogP contribution in [0.1, 0.15) is 19.4 Å². The monoisotopic (exact) mass is 327 g/mol. The molecule has 0 saturated heterocycles. The number of rotatable bonds is 7. The molecule has 0 fully saturated rings. The van der Waals surface area contributed by atoms with Gasteiger partial charge in [-0.25, -0.2) is 0 Å². The highest BCUT2D eigenvalue weighted by molar-refractivity contribution is 9.10. The van der Waals surface area contributed by atoms with Gasteiger partial charge in [-0.2, -0.15) is 0 Å². The predicted molar refractivity (Wildman–Crippen MR) is 84.1 cm³/mol. The summed E-state index contributed by atoms with van der Waals surface area (Å²) in [7, 11) is 1.69. The molecule has 0 aromatic heterocycles. The Kier molecular flexibility index (Phi) is 6.31. The quantitative estimate of drug-likeness (QED) is 0.598. The normalized spacial score (nSPS) is 10.8. The van der Waals surface area contributed by atoms with Gasteiger partial charge in [0.1, 0.15) is 5.84 Å². The zero-order chi connectivity index (χ0) is 14.4. The molecule has 0 aliphatic heterocycles. The number of anilines is 1. The van der Waals surface area contributed by atoms with Gasteiger partial charge in [0.05, 0.1) is 6.61 Å². The van der Waals surface area contributed by atoms with Crippen LogP contribution in [0.4, 0.5) is 5.69 Å². The van der Waals surface area contributed by atoms with Gasteiger partial charge >= 0.3 is 0 Å². The molecule has 0 radical (unpaired) electrons. The van der Waals surface area contributed by atoms with Crippen molar-refractivity contribution < 1.29 is 4.74 Å². The minimum absolute atomic E-state index is 0.0914. The van der Waals surface area contributed by atoms with Crippen molar-refractivity contribution in [3.63, 3.8) is 0 Å². The van der Waals surface area contributed by atoms with E-state index in [4.69, 9.17) is 15.9 Å². The lowest BCUT2D eigenvalue weighted by Crippen LogP contribution is -2.33. The molecule has 0 amide bonds. The van der Waals surface area contributed by atoms with Crippen LogP contribution in [0, 0.1) is 11.3 Å². The molecule has 0 heterocycles. The molecule has 1 aromatic rings. The van der Waals surface area contributed by atoms with E-state index in [2.05, 4.69) is 34.7 Å². The van der Waals surface area contributed by atoms with Gasteiger partial charge in [0.15, 0.2) is 0 Å². The second-order valence-electron chi connectivity index (χ2n) is 4.91. The van der Waals surface area contributed by atoms with E-state index in [-0.39, 0.29) is 5.84 Å². The highest BCUT2D eigenvalue weighted by Crippen LogP contribution is 2.25. The summed E-state index contributed by atoms with van der Waals surface area (Å²) in [5.74, 6) is 0.615. The largest absolute Gasteiger partial charge is 0.384 e. The maximum atomic E-state index is 7.70. The van der Waals surface area contributed by atoms with Crippen molar-refractivity contribution in [1.82, 2.24) is 0 Å². The fourth-order valence-electron chi connectivity index (χ4n) is 1.95. The van der Waals surface area contributed by atoms with E-state index in [1.54, 1.807) is 7.11 Å². The van der Waals surface area contributed by atoms with Gasteiger partial charge in [-0.1, -0.05) is 29.8 Å². The fourth-order valence-corrected chi connectivity index (χ4v) is 2.30. The van der Waals surface area contributed by atoms with Crippen LogP contribution in [0.25, 0.3) is 0 Å². The van der Waals surface area contributed by atoms with E-state index >= 15 is 0 Å². The van der Waals surface area contributed by atoms with Gasteiger partial charge in [0, 0.05) is 35.9 Å². The number of hydrogen-bond acceptors (Lipinski definition) is 3. The Labute approximate surface area is 123 Å². The first-order valence-electron chi connectivity index (χ1n) is 6.33. The first-order valence-corrected chi connectivity index (χ1v) is 7.12. The molecule has 4 nitrogen and oxygen atoms in total. The molecule has 0 unspecified atom stereocenters. The number of nitrogens with two attached hydrogens (primary N) is 1.